The molecule has 1 rings (SSSR count). The fourth-order valence-electron chi connectivity index (χ4n) is 1.08. The fourth-order valence-corrected chi connectivity index (χ4v) is 2.96. The molecule has 0 saturated carbocycles. The summed E-state index contributed by atoms with van der Waals surface area (Å²) in [6, 6.07) is 3.87. The molecule has 17 heavy (non-hydrogen) atoms. The van der Waals surface area contributed by atoms with Crippen LogP contribution in [0.4, 0.5) is 4.39 Å². The van der Waals surface area contributed by atoms with E-state index in [2.05, 4.69) is 20.7 Å². The predicted molar refractivity (Wildman–Crippen MR) is 72.3 cm³/mol. The highest BCUT2D eigenvalue weighted by Gasteiger charge is 2.19. The van der Waals surface area contributed by atoms with Gasteiger partial charge in [-0.25, -0.2) is 17.5 Å². The van der Waals surface area contributed by atoms with Gasteiger partial charge in [-0.1, -0.05) is 22.9 Å². The molecule has 0 bridgehead atoms. The van der Waals surface area contributed by atoms with Crippen LogP contribution in [0.25, 0.3) is 0 Å². The minimum atomic E-state index is -3.77. The molecule has 3 nitrogen and oxygen atoms in total. The van der Waals surface area contributed by atoms with Gasteiger partial charge in [0.25, 0.3) is 0 Å². The van der Waals surface area contributed by atoms with Gasteiger partial charge in [-0.05, 0) is 24.5 Å². The van der Waals surface area contributed by atoms with Crippen LogP contribution < -0.4 is 4.72 Å². The Labute approximate surface area is 113 Å². The lowest BCUT2D eigenvalue weighted by Gasteiger charge is -2.11. The molecule has 1 aromatic rings. The summed E-state index contributed by atoms with van der Waals surface area (Å²) in [7, 11) is -3.77. The molecule has 0 fully saturated rings. The second-order valence-electron chi connectivity index (χ2n) is 3.47. The third kappa shape index (κ3) is 4.24. The van der Waals surface area contributed by atoms with Crippen LogP contribution in [-0.2, 0) is 10.0 Å². The number of nitrogens with one attached hydrogen (secondary N) is 1. The monoisotopic (exact) mass is 341 g/mol. The Kier molecular flexibility index (Phi) is 5.43. The van der Waals surface area contributed by atoms with Crippen LogP contribution >= 0.6 is 27.7 Å². The van der Waals surface area contributed by atoms with Crippen molar-refractivity contribution in [3.63, 3.8) is 0 Å². The fraction of sp³-hybridized carbons (Fsp3) is 0.400. The van der Waals surface area contributed by atoms with Gasteiger partial charge in [0.1, 0.15) is 10.7 Å². The molecule has 0 amide bonds. The highest BCUT2D eigenvalue weighted by molar-refractivity contribution is 9.10. The first-order valence-electron chi connectivity index (χ1n) is 4.84. The molecule has 1 N–H and O–H groups in total. The van der Waals surface area contributed by atoms with E-state index in [9.17, 15) is 12.8 Å². The van der Waals surface area contributed by atoms with Gasteiger partial charge in [0.15, 0.2) is 0 Å². The molecule has 0 aromatic heterocycles. The van der Waals surface area contributed by atoms with Gasteiger partial charge in [-0.2, -0.15) is 11.8 Å². The molecule has 96 valence electrons. The summed E-state index contributed by atoms with van der Waals surface area (Å²) in [4.78, 5) is -0.325. The van der Waals surface area contributed by atoms with Crippen molar-refractivity contribution in [3.05, 3.63) is 28.5 Å². The Morgan fingerprint density at radius 1 is 1.53 bits per heavy atom. The zero-order valence-electron chi connectivity index (χ0n) is 9.41. The van der Waals surface area contributed by atoms with Gasteiger partial charge in [-0.3, -0.25) is 0 Å². The summed E-state index contributed by atoms with van der Waals surface area (Å²) < 4.78 is 40.0. The smallest absolute Gasteiger partial charge is 0.210 e. The van der Waals surface area contributed by atoms with Gasteiger partial charge < -0.3 is 0 Å². The second-order valence-corrected chi connectivity index (χ2v) is 7.40. The maximum atomic E-state index is 13.5. The third-order valence-electron chi connectivity index (χ3n) is 2.15. The number of hydrogen-bond acceptors (Lipinski definition) is 3. The Morgan fingerprint density at radius 3 is 2.71 bits per heavy atom. The average Bonchev–Trinajstić information content (AvgIpc) is 2.25. The zero-order chi connectivity index (χ0) is 13.1. The van der Waals surface area contributed by atoms with Crippen molar-refractivity contribution >= 4 is 37.7 Å². The van der Waals surface area contributed by atoms with Crippen molar-refractivity contribution < 1.29 is 12.8 Å². The van der Waals surface area contributed by atoms with Crippen molar-refractivity contribution in [2.45, 2.75) is 17.1 Å². The number of rotatable bonds is 5. The summed E-state index contributed by atoms with van der Waals surface area (Å²) in [5, 5.41) is 0.142. The summed E-state index contributed by atoms with van der Waals surface area (Å²) in [6.07, 6.45) is 1.89. The maximum Gasteiger partial charge on any atom is 0.243 e. The Balaban J connectivity index is 2.90. The zero-order valence-corrected chi connectivity index (χ0v) is 12.6. The van der Waals surface area contributed by atoms with Crippen LogP contribution in [0, 0.1) is 5.82 Å². The van der Waals surface area contributed by atoms with Crippen LogP contribution in [0.3, 0.4) is 0 Å². The lowest BCUT2D eigenvalue weighted by Crippen LogP contribution is -2.30. The first kappa shape index (κ1) is 14.9. The van der Waals surface area contributed by atoms with E-state index in [4.69, 9.17) is 0 Å². The van der Waals surface area contributed by atoms with Crippen LogP contribution in [0.1, 0.15) is 6.92 Å². The minimum Gasteiger partial charge on any atom is -0.210 e. The van der Waals surface area contributed by atoms with Gasteiger partial charge in [-0.15, -0.1) is 0 Å². The summed E-state index contributed by atoms with van der Waals surface area (Å²) in [5.41, 5.74) is 0. The Morgan fingerprint density at radius 2 is 2.18 bits per heavy atom. The van der Waals surface area contributed by atoms with E-state index >= 15 is 0 Å². The van der Waals surface area contributed by atoms with Crippen LogP contribution in [0.5, 0.6) is 0 Å². The molecule has 0 radical (unpaired) electrons. The standard InChI is InChI=1S/C10H13BrFNO2S2/c1-7(16-2)6-13-17(14,15)10-4-3-8(11)5-9(10)12/h3-5,7,13H,6H2,1-2H3. The molecular formula is C10H13BrFNO2S2. The van der Waals surface area contributed by atoms with Gasteiger partial charge in [0.2, 0.25) is 10.0 Å². The Hall–Kier alpha value is -0.110. The van der Waals surface area contributed by atoms with E-state index in [-0.39, 0.29) is 16.7 Å². The second kappa shape index (κ2) is 6.17. The molecule has 1 atom stereocenters. The Bertz CT molecular complexity index is 493. The van der Waals surface area contributed by atoms with E-state index in [1.165, 1.54) is 23.9 Å². The van der Waals surface area contributed by atoms with Crippen molar-refractivity contribution in [3.8, 4) is 0 Å². The number of thioether (sulfide) groups is 1. The normalized spacial score (nSPS) is 13.6. The van der Waals surface area contributed by atoms with E-state index in [1.54, 1.807) is 0 Å². The number of sulfonamides is 1. The van der Waals surface area contributed by atoms with Crippen molar-refractivity contribution in [2.24, 2.45) is 0 Å². The summed E-state index contributed by atoms with van der Waals surface area (Å²) in [5.74, 6) is -0.760. The van der Waals surface area contributed by atoms with Gasteiger partial charge in [0, 0.05) is 16.3 Å². The van der Waals surface area contributed by atoms with Gasteiger partial charge >= 0.3 is 0 Å². The molecule has 1 aromatic carbocycles. The number of benzene rings is 1. The lowest BCUT2D eigenvalue weighted by atomic mass is 10.3. The molecule has 0 heterocycles. The molecule has 0 saturated heterocycles. The lowest BCUT2D eigenvalue weighted by molar-refractivity contribution is 0.556. The molecule has 0 aliphatic carbocycles. The quantitative estimate of drug-likeness (QED) is 0.895. The minimum absolute atomic E-state index is 0.142. The molecule has 7 heteroatoms. The maximum absolute atomic E-state index is 13.5. The number of halogens is 2. The van der Waals surface area contributed by atoms with Crippen molar-refractivity contribution in [1.29, 1.82) is 0 Å². The predicted octanol–water partition coefficient (Wildman–Crippen LogP) is 2.62. The molecule has 1 unspecified atom stereocenters. The molecular weight excluding hydrogens is 329 g/mol. The average molecular weight is 342 g/mol. The van der Waals surface area contributed by atoms with E-state index in [1.807, 2.05) is 13.2 Å². The van der Waals surface area contributed by atoms with Crippen molar-refractivity contribution in [2.75, 3.05) is 12.8 Å². The van der Waals surface area contributed by atoms with Crippen LogP contribution in [0.2, 0.25) is 0 Å². The van der Waals surface area contributed by atoms with E-state index < -0.39 is 15.8 Å². The topological polar surface area (TPSA) is 46.2 Å². The molecule has 0 aliphatic heterocycles. The largest absolute Gasteiger partial charge is 0.243 e. The van der Waals surface area contributed by atoms with Crippen LogP contribution in [-0.4, -0.2) is 26.5 Å². The third-order valence-corrected chi connectivity index (χ3v) is 5.07. The first-order valence-corrected chi connectivity index (χ1v) is 8.40. The number of hydrogen-bond donors (Lipinski definition) is 1. The summed E-state index contributed by atoms with van der Waals surface area (Å²) >= 11 is 4.62. The highest BCUT2D eigenvalue weighted by atomic mass is 79.9. The first-order chi connectivity index (χ1) is 7.86. The van der Waals surface area contributed by atoms with E-state index in [0.717, 1.165) is 6.07 Å². The van der Waals surface area contributed by atoms with Gasteiger partial charge in [0.05, 0.1) is 0 Å². The van der Waals surface area contributed by atoms with Crippen LogP contribution in [0.15, 0.2) is 27.6 Å². The highest BCUT2D eigenvalue weighted by Crippen LogP contribution is 2.19. The molecule has 0 aliphatic rings. The van der Waals surface area contributed by atoms with E-state index in [0.29, 0.717) is 4.47 Å². The molecule has 0 spiro atoms. The SMILES string of the molecule is CSC(C)CNS(=O)(=O)c1ccc(Br)cc1F. The van der Waals surface area contributed by atoms with Crippen molar-refractivity contribution in [1.82, 2.24) is 4.72 Å². The summed E-state index contributed by atoms with van der Waals surface area (Å²) in [6.45, 7) is 2.17.